The molecule has 0 spiro atoms. The maximum Gasteiger partial charge on any atom is 0.143 e. The first-order valence-electron chi connectivity index (χ1n) is 23.4. The first kappa shape index (κ1) is 8.69. The quantitative estimate of drug-likeness (QED) is 0.211. The van der Waals surface area contributed by atoms with Gasteiger partial charge in [0.15, 0.2) is 0 Å². The zero-order valence-electron chi connectivity index (χ0n) is 43.4. The first-order chi connectivity index (χ1) is 29.3. The van der Waals surface area contributed by atoms with Crippen LogP contribution in [0.15, 0.2) is 149 Å². The van der Waals surface area contributed by atoms with Crippen LogP contribution in [0.25, 0.3) is 76.9 Å². The van der Waals surface area contributed by atoms with Crippen LogP contribution >= 0.6 is 0 Å². The molecule has 0 saturated carbocycles. The summed E-state index contributed by atoms with van der Waals surface area (Å²) < 4.78 is 217. The highest BCUT2D eigenvalue weighted by atomic mass is 16.3. The van der Waals surface area contributed by atoms with Gasteiger partial charge in [0.2, 0.25) is 0 Å². The first-order valence-corrected chi connectivity index (χ1v) is 11.4. The van der Waals surface area contributed by atoms with Crippen LogP contribution in [-0.2, 0) is 0 Å². The van der Waals surface area contributed by atoms with E-state index in [1.807, 2.05) is 0 Å². The third-order valence-corrected chi connectivity index (χ3v) is 6.19. The zero-order valence-corrected chi connectivity index (χ0v) is 19.4. The van der Waals surface area contributed by atoms with Crippen LogP contribution in [0.2, 0.25) is 0 Å². The predicted molar refractivity (Wildman–Crippen MR) is 165 cm³/mol. The fraction of sp³-hybridized carbons (Fsp3) is 0. The Kier molecular flexibility index (Phi) is 1.94. The molecule has 39 heavy (non-hydrogen) atoms. The summed E-state index contributed by atoms with van der Waals surface area (Å²) in [5, 5.41) is -3.56. The van der Waals surface area contributed by atoms with Crippen molar-refractivity contribution in [3.63, 3.8) is 0 Å². The van der Waals surface area contributed by atoms with Gasteiger partial charge in [0, 0.05) is 16.3 Å². The molecule has 8 rings (SSSR count). The number of rotatable bonds is 3. The van der Waals surface area contributed by atoms with E-state index in [1.54, 1.807) is 0 Å². The van der Waals surface area contributed by atoms with E-state index >= 15 is 0 Å². The van der Waals surface area contributed by atoms with Crippen molar-refractivity contribution in [3.8, 4) is 33.4 Å². The highest BCUT2D eigenvalue weighted by Crippen LogP contribution is 2.44. The minimum absolute atomic E-state index is 0.385. The Morgan fingerprint density at radius 3 is 1.56 bits per heavy atom. The highest BCUT2D eigenvalue weighted by Gasteiger charge is 2.17. The van der Waals surface area contributed by atoms with Crippen LogP contribution in [0.3, 0.4) is 0 Å². The summed E-state index contributed by atoms with van der Waals surface area (Å²) in [7, 11) is 0. The third kappa shape index (κ3) is 3.41. The molecule has 0 amide bonds. The minimum Gasteiger partial charge on any atom is -0.455 e. The molecule has 8 aromatic rings. The molecule has 7 aromatic carbocycles. The molecule has 0 N–H and O–H groups in total. The summed E-state index contributed by atoms with van der Waals surface area (Å²) in [6.45, 7) is 0. The van der Waals surface area contributed by atoms with Gasteiger partial charge < -0.3 is 4.42 Å². The van der Waals surface area contributed by atoms with E-state index in [0.29, 0.717) is 0 Å². The van der Waals surface area contributed by atoms with Crippen molar-refractivity contribution in [2.45, 2.75) is 0 Å². The van der Waals surface area contributed by atoms with Crippen LogP contribution in [0.4, 0.5) is 0 Å². The Balaban J connectivity index is 1.71. The second kappa shape index (κ2) is 8.72. The molecular formula is C38H24O. The summed E-state index contributed by atoms with van der Waals surface area (Å²) in [5.74, 6) is 0. The largest absolute Gasteiger partial charge is 0.455 e. The van der Waals surface area contributed by atoms with Crippen LogP contribution < -0.4 is 0 Å². The number of hydrogen-bond donors (Lipinski definition) is 0. The highest BCUT2D eigenvalue weighted by molar-refractivity contribution is 6.21. The second-order valence-corrected chi connectivity index (χ2v) is 8.26. The normalized spacial score (nSPS) is 20.2. The standard InChI is InChI=1S/C38H24O/c1-2-12-25(13-3-1)36-30-17-4-6-19-32(30)37(33-20-7-5-18-31(33)36)27-15-10-14-26(24-27)28-21-11-22-34-29-16-8-9-23-35(29)39-38(28)34/h1-24H/i1D,2D,3D,4D,5D,6D,7D,8D,9D,10D,11D,12D,13D,14D,15D,16D,17D,18D,19D,20D,21D,22D,23D,24D. The van der Waals surface area contributed by atoms with Gasteiger partial charge in [0.1, 0.15) is 11.2 Å². The number of benzene rings is 7. The van der Waals surface area contributed by atoms with Crippen molar-refractivity contribution in [1.82, 2.24) is 0 Å². The summed E-state index contributed by atoms with van der Waals surface area (Å²) in [4.78, 5) is 0. The van der Waals surface area contributed by atoms with Crippen LogP contribution in [-0.4, -0.2) is 0 Å². The van der Waals surface area contributed by atoms with Crippen molar-refractivity contribution in [3.05, 3.63) is 145 Å². The Labute approximate surface area is 260 Å². The molecule has 0 bridgehead atoms. The van der Waals surface area contributed by atoms with Gasteiger partial charge in [-0.1, -0.05) is 133 Å². The third-order valence-electron chi connectivity index (χ3n) is 6.19. The smallest absolute Gasteiger partial charge is 0.143 e. The van der Waals surface area contributed by atoms with Crippen LogP contribution in [0, 0.1) is 0 Å². The number of para-hydroxylation sites is 2. The van der Waals surface area contributed by atoms with Gasteiger partial charge in [-0.15, -0.1) is 0 Å². The average molecular weight is 521 g/mol. The lowest BCUT2D eigenvalue weighted by atomic mass is 9.85. The molecule has 0 unspecified atom stereocenters. The molecule has 0 aliphatic heterocycles. The Bertz CT molecular complexity index is 3390. The van der Waals surface area contributed by atoms with E-state index < -0.39 is 216 Å². The Morgan fingerprint density at radius 1 is 0.385 bits per heavy atom. The molecule has 1 heterocycles. The fourth-order valence-corrected chi connectivity index (χ4v) is 4.60. The van der Waals surface area contributed by atoms with E-state index in [2.05, 4.69) is 0 Å². The van der Waals surface area contributed by atoms with E-state index in [0.717, 1.165) is 0 Å². The van der Waals surface area contributed by atoms with Crippen molar-refractivity contribution < 1.29 is 37.3 Å². The van der Waals surface area contributed by atoms with Crippen molar-refractivity contribution in [2.24, 2.45) is 0 Å². The second-order valence-electron chi connectivity index (χ2n) is 8.26. The van der Waals surface area contributed by atoms with Gasteiger partial charge in [-0.25, -0.2) is 0 Å². The predicted octanol–water partition coefficient (Wildman–Crippen LogP) is 10.9. The molecular weight excluding hydrogens is 472 g/mol. The SMILES string of the molecule is [2H]c1c([2H])c([2H])c(-c2c3c([2H])c([2H])c([2H])c([2H])c3c(-c3c([2H])c([2H])c([2H])c(-c4c([2H])c([2H])c([2H])c5c4oc4c([2H])c([2H])c([2H])c([2H])c45)c3[2H])c3c([2H])c([2H])c([2H])c([2H])c23)c([2H])c1[2H]. The van der Waals surface area contributed by atoms with Gasteiger partial charge in [-0.2, -0.15) is 0 Å². The molecule has 182 valence electrons. The summed E-state index contributed by atoms with van der Waals surface area (Å²) >= 11 is 0. The van der Waals surface area contributed by atoms with Gasteiger partial charge in [-0.05, 0) is 61.4 Å². The van der Waals surface area contributed by atoms with Gasteiger partial charge in [0.05, 0.1) is 32.9 Å². The molecule has 0 aliphatic rings. The number of fused-ring (bicyclic) bond motifs is 5. The van der Waals surface area contributed by atoms with E-state index in [-0.39, 0.29) is 5.39 Å². The van der Waals surface area contributed by atoms with Crippen molar-refractivity contribution in [2.75, 3.05) is 0 Å². The zero-order chi connectivity index (χ0) is 46.6. The topological polar surface area (TPSA) is 13.1 Å². The van der Waals surface area contributed by atoms with E-state index in [9.17, 15) is 8.22 Å². The van der Waals surface area contributed by atoms with Crippen LogP contribution in [0.1, 0.15) is 32.9 Å². The summed E-state index contributed by atoms with van der Waals surface area (Å²) in [5.41, 5.74) is -5.47. The Morgan fingerprint density at radius 2 is 0.872 bits per heavy atom. The summed E-state index contributed by atoms with van der Waals surface area (Å²) in [6.07, 6.45) is 0. The van der Waals surface area contributed by atoms with Gasteiger partial charge >= 0.3 is 0 Å². The van der Waals surface area contributed by atoms with E-state index in [4.69, 9.17) is 29.1 Å². The average Bonchev–Trinajstić information content (AvgIpc) is 3.66. The number of furan rings is 1. The number of hydrogen-bond acceptors (Lipinski definition) is 1. The maximum absolute atomic E-state index is 9.73. The lowest BCUT2D eigenvalue weighted by Gasteiger charge is -2.18. The lowest BCUT2D eigenvalue weighted by Crippen LogP contribution is -1.91. The van der Waals surface area contributed by atoms with Crippen molar-refractivity contribution in [1.29, 1.82) is 0 Å². The fourth-order valence-electron chi connectivity index (χ4n) is 4.60. The van der Waals surface area contributed by atoms with E-state index in [1.165, 1.54) is 0 Å². The molecule has 1 aromatic heterocycles. The van der Waals surface area contributed by atoms with Gasteiger partial charge in [-0.3, -0.25) is 0 Å². The monoisotopic (exact) mass is 520 g/mol. The molecule has 0 saturated heterocycles. The Hall–Kier alpha value is -5.14. The molecule has 0 aliphatic carbocycles. The molecule has 0 fully saturated rings. The maximum atomic E-state index is 9.73. The molecule has 1 heteroatoms. The molecule has 0 radical (unpaired) electrons. The van der Waals surface area contributed by atoms with Gasteiger partial charge in [0.25, 0.3) is 0 Å². The minimum atomic E-state index is -1.02. The molecule has 1 nitrogen and oxygen atoms in total. The molecule has 0 atom stereocenters. The van der Waals surface area contributed by atoms with Crippen LogP contribution in [0.5, 0.6) is 0 Å². The van der Waals surface area contributed by atoms with Crippen molar-refractivity contribution >= 4 is 43.5 Å². The lowest BCUT2D eigenvalue weighted by molar-refractivity contribution is 0.670. The summed E-state index contributed by atoms with van der Waals surface area (Å²) in [6, 6.07) is -21.5.